The van der Waals surface area contributed by atoms with Gasteiger partial charge in [0.05, 0.1) is 5.56 Å². The molecule has 10 aromatic rings. The molecule has 0 atom stereocenters. The van der Waals surface area contributed by atoms with Crippen molar-refractivity contribution < 1.29 is 4.42 Å². The Kier molecular flexibility index (Phi) is 6.60. The molecule has 6 heteroatoms. The molecule has 50 heavy (non-hydrogen) atoms. The lowest BCUT2D eigenvalue weighted by molar-refractivity contribution is 0.620. The number of hydrogen-bond acceptors (Lipinski definition) is 6. The number of rotatable bonds is 5. The third-order valence-corrected chi connectivity index (χ3v) is 10.3. The normalized spacial score (nSPS) is 11.6. The van der Waals surface area contributed by atoms with Crippen molar-refractivity contribution in [3.05, 3.63) is 158 Å². The van der Waals surface area contributed by atoms with Gasteiger partial charge in [-0.15, -0.1) is 11.3 Å². The van der Waals surface area contributed by atoms with Crippen LogP contribution in [0, 0.1) is 0 Å². The Hall–Kier alpha value is -6.50. The van der Waals surface area contributed by atoms with Crippen LogP contribution in [0.1, 0.15) is 0 Å². The Morgan fingerprint density at radius 1 is 0.420 bits per heavy atom. The monoisotopic (exact) mass is 658 g/mol. The van der Waals surface area contributed by atoms with Crippen molar-refractivity contribution in [2.75, 3.05) is 0 Å². The third kappa shape index (κ3) is 4.85. The van der Waals surface area contributed by atoms with Crippen LogP contribution in [0.15, 0.2) is 162 Å². The van der Waals surface area contributed by atoms with Gasteiger partial charge in [-0.05, 0) is 52.2 Å². The minimum Gasteiger partial charge on any atom is -0.436 e. The van der Waals surface area contributed by atoms with Crippen LogP contribution in [0.3, 0.4) is 0 Å². The topological polar surface area (TPSA) is 64.7 Å². The van der Waals surface area contributed by atoms with Gasteiger partial charge in [-0.2, -0.15) is 0 Å². The fourth-order valence-corrected chi connectivity index (χ4v) is 7.88. The van der Waals surface area contributed by atoms with Crippen molar-refractivity contribution in [3.8, 4) is 56.7 Å². The summed E-state index contributed by atoms with van der Waals surface area (Å²) in [6.45, 7) is 0. The zero-order valence-corrected chi connectivity index (χ0v) is 27.4. The summed E-state index contributed by atoms with van der Waals surface area (Å²) in [5, 5.41) is 4.48. The third-order valence-electron chi connectivity index (χ3n) is 9.14. The van der Waals surface area contributed by atoms with Crippen LogP contribution in [0.4, 0.5) is 0 Å². The van der Waals surface area contributed by atoms with Gasteiger partial charge in [0.2, 0.25) is 5.89 Å². The Morgan fingerprint density at radius 3 is 1.88 bits per heavy atom. The minimum absolute atomic E-state index is 0.551. The smallest absolute Gasteiger partial charge is 0.227 e. The number of oxazole rings is 1. The van der Waals surface area contributed by atoms with Crippen molar-refractivity contribution in [1.29, 1.82) is 0 Å². The molecule has 7 aromatic carbocycles. The maximum absolute atomic E-state index is 6.49. The first-order valence-electron chi connectivity index (χ1n) is 16.5. The van der Waals surface area contributed by atoms with E-state index in [1.807, 2.05) is 36.4 Å². The number of nitrogens with zero attached hydrogens (tertiary/aromatic N) is 4. The summed E-state index contributed by atoms with van der Waals surface area (Å²) >= 11 is 1.73. The second-order valence-electron chi connectivity index (χ2n) is 12.3. The quantitative estimate of drug-likeness (QED) is 0.184. The average Bonchev–Trinajstić information content (AvgIpc) is 3.79. The molecule has 0 amide bonds. The first-order chi connectivity index (χ1) is 24.7. The maximum atomic E-state index is 6.49. The van der Waals surface area contributed by atoms with Crippen LogP contribution >= 0.6 is 11.3 Å². The van der Waals surface area contributed by atoms with Gasteiger partial charge in [-0.3, -0.25) is 0 Å². The summed E-state index contributed by atoms with van der Waals surface area (Å²) in [6, 6.07) is 54.1. The molecule has 3 heterocycles. The SMILES string of the molecule is c1ccc(-c2cccc(-c3nc(-c4ccc5ccccc5c4)nc(-c4c5nc(-c6ccccc6)oc5cc5sc6ccccc6c45)n3)c2)cc1. The summed E-state index contributed by atoms with van der Waals surface area (Å²) in [5.41, 5.74) is 7.20. The number of hydrogen-bond donors (Lipinski definition) is 0. The second kappa shape index (κ2) is 11.6. The lowest BCUT2D eigenvalue weighted by Gasteiger charge is -2.11. The summed E-state index contributed by atoms with van der Waals surface area (Å²) in [6.07, 6.45) is 0. The van der Waals surface area contributed by atoms with Gasteiger partial charge in [0.25, 0.3) is 0 Å². The van der Waals surface area contributed by atoms with E-state index in [2.05, 4.69) is 121 Å². The zero-order valence-electron chi connectivity index (χ0n) is 26.6. The molecule has 0 bridgehead atoms. The van der Waals surface area contributed by atoms with Crippen molar-refractivity contribution in [3.63, 3.8) is 0 Å². The van der Waals surface area contributed by atoms with Crippen LogP contribution < -0.4 is 0 Å². The van der Waals surface area contributed by atoms with E-state index in [-0.39, 0.29) is 0 Å². The van der Waals surface area contributed by atoms with Crippen molar-refractivity contribution >= 4 is 53.4 Å². The van der Waals surface area contributed by atoms with E-state index in [4.69, 9.17) is 24.4 Å². The molecular weight excluding hydrogens is 633 g/mol. The summed E-state index contributed by atoms with van der Waals surface area (Å²) < 4.78 is 8.76. The largest absolute Gasteiger partial charge is 0.436 e. The van der Waals surface area contributed by atoms with Crippen molar-refractivity contribution in [2.45, 2.75) is 0 Å². The molecule has 0 radical (unpaired) electrons. The van der Waals surface area contributed by atoms with E-state index < -0.39 is 0 Å². The van der Waals surface area contributed by atoms with Crippen LogP contribution in [0.5, 0.6) is 0 Å². The van der Waals surface area contributed by atoms with E-state index in [0.717, 1.165) is 65.1 Å². The molecule has 0 aliphatic heterocycles. The Morgan fingerprint density at radius 2 is 1.06 bits per heavy atom. The van der Waals surface area contributed by atoms with Crippen LogP contribution in [-0.4, -0.2) is 19.9 Å². The molecular formula is C44H26N4OS. The van der Waals surface area contributed by atoms with Crippen LogP contribution in [0.2, 0.25) is 0 Å². The zero-order chi connectivity index (χ0) is 33.0. The highest BCUT2D eigenvalue weighted by Gasteiger charge is 2.24. The van der Waals surface area contributed by atoms with Gasteiger partial charge in [0, 0.05) is 42.9 Å². The van der Waals surface area contributed by atoms with Crippen molar-refractivity contribution in [1.82, 2.24) is 19.9 Å². The van der Waals surface area contributed by atoms with Gasteiger partial charge in [-0.25, -0.2) is 19.9 Å². The first kappa shape index (κ1) is 28.5. The fraction of sp³-hybridized carbons (Fsp3) is 0. The molecule has 0 unspecified atom stereocenters. The predicted molar refractivity (Wildman–Crippen MR) is 205 cm³/mol. The molecule has 234 valence electrons. The molecule has 0 saturated heterocycles. The van der Waals surface area contributed by atoms with Gasteiger partial charge >= 0.3 is 0 Å². The highest BCUT2D eigenvalue weighted by Crippen LogP contribution is 2.44. The molecule has 3 aromatic heterocycles. The summed E-state index contributed by atoms with van der Waals surface area (Å²) in [7, 11) is 0. The van der Waals surface area contributed by atoms with Crippen LogP contribution in [0.25, 0.3) is 98.8 Å². The van der Waals surface area contributed by atoms with Gasteiger partial charge in [-0.1, -0.05) is 121 Å². The number of benzene rings is 7. The molecule has 0 N–H and O–H groups in total. The average molecular weight is 659 g/mol. The molecule has 10 rings (SSSR count). The number of thiophene rings is 1. The first-order valence-corrected chi connectivity index (χ1v) is 17.3. The van der Waals surface area contributed by atoms with Gasteiger partial charge < -0.3 is 4.42 Å². The molecule has 0 saturated carbocycles. The highest BCUT2D eigenvalue weighted by molar-refractivity contribution is 7.26. The fourth-order valence-electron chi connectivity index (χ4n) is 6.73. The second-order valence-corrected chi connectivity index (χ2v) is 13.4. The Labute approximate surface area is 291 Å². The van der Waals surface area contributed by atoms with E-state index >= 15 is 0 Å². The predicted octanol–water partition coefficient (Wildman–Crippen LogP) is 11.9. The molecule has 0 aliphatic rings. The molecule has 0 spiro atoms. The van der Waals surface area contributed by atoms with E-state index in [9.17, 15) is 0 Å². The standard InChI is InChI=1S/C44H26N4OS/c1-3-12-27(13-4-1)31-18-11-19-32(24-31)41-46-42(33-23-22-28-14-7-8-17-30(28)25-33)48-43(47-41)39-38-34-20-9-10-21-36(34)50-37(38)26-35-40(39)45-44(49-35)29-15-5-2-6-16-29/h1-26H. The van der Waals surface area contributed by atoms with Crippen molar-refractivity contribution in [2.24, 2.45) is 0 Å². The number of aromatic nitrogens is 4. The lowest BCUT2D eigenvalue weighted by Crippen LogP contribution is -2.01. The van der Waals surface area contributed by atoms with E-state index in [1.165, 1.54) is 4.70 Å². The van der Waals surface area contributed by atoms with Gasteiger partial charge in [0.15, 0.2) is 23.1 Å². The summed E-state index contributed by atoms with van der Waals surface area (Å²) in [4.78, 5) is 20.8. The molecule has 5 nitrogen and oxygen atoms in total. The highest BCUT2D eigenvalue weighted by atomic mass is 32.1. The lowest BCUT2D eigenvalue weighted by atomic mass is 10.0. The summed E-state index contributed by atoms with van der Waals surface area (Å²) in [5.74, 6) is 2.29. The maximum Gasteiger partial charge on any atom is 0.227 e. The Bertz CT molecular complexity index is 2880. The van der Waals surface area contributed by atoms with E-state index in [0.29, 0.717) is 28.9 Å². The minimum atomic E-state index is 0.551. The van der Waals surface area contributed by atoms with E-state index in [1.54, 1.807) is 11.3 Å². The molecule has 0 fully saturated rings. The Balaban J connectivity index is 1.28. The van der Waals surface area contributed by atoms with Crippen LogP contribution in [-0.2, 0) is 0 Å². The molecule has 0 aliphatic carbocycles. The number of fused-ring (bicyclic) bond motifs is 5. The van der Waals surface area contributed by atoms with Gasteiger partial charge in [0.1, 0.15) is 5.52 Å².